The number of hydrogen-bond acceptors (Lipinski definition) is 20. The van der Waals surface area contributed by atoms with Crippen molar-refractivity contribution >= 4 is 89.8 Å². The minimum atomic E-state index is -5.24. The number of phenols is 1. The lowest BCUT2D eigenvalue weighted by Gasteiger charge is -2.13. The molecule has 28 heteroatoms. The van der Waals surface area contributed by atoms with E-state index in [-0.39, 0.29) is 49.9 Å². The third-order valence-corrected chi connectivity index (χ3v) is 12.6. The van der Waals surface area contributed by atoms with E-state index in [1.54, 1.807) is 0 Å². The van der Waals surface area contributed by atoms with Crippen LogP contribution in [-0.2, 0) is 59.0 Å². The lowest BCUT2D eigenvalue weighted by Crippen LogP contribution is -2.15. The van der Waals surface area contributed by atoms with Gasteiger partial charge in [0, 0.05) is 17.8 Å². The number of ether oxygens (including phenoxy) is 2. The van der Waals surface area contributed by atoms with E-state index in [0.717, 1.165) is 36.4 Å². The molecule has 0 fully saturated rings. The first-order chi connectivity index (χ1) is 26.4. The van der Waals surface area contributed by atoms with Crippen molar-refractivity contribution in [2.75, 3.05) is 51.3 Å². The minimum absolute atomic E-state index is 0.000959. The normalized spacial score (nSPS) is 13.1. The minimum Gasteiger partial charge on any atom is -0.505 e. The van der Waals surface area contributed by atoms with Gasteiger partial charge in [0.05, 0.1) is 54.4 Å². The fraction of sp³-hybridized carbons (Fsp3) is 0.241. The van der Waals surface area contributed by atoms with Crippen LogP contribution < -0.4 is 14.8 Å². The maximum absolute atomic E-state index is 12.9. The van der Waals surface area contributed by atoms with Crippen LogP contribution in [0.1, 0.15) is 0 Å². The smallest absolute Gasteiger partial charge is 0.397 e. The van der Waals surface area contributed by atoms with E-state index in [0.29, 0.717) is 0 Å². The highest BCUT2D eigenvalue weighted by atomic mass is 32.3. The van der Waals surface area contributed by atoms with Gasteiger partial charge in [-0.3, -0.25) is 13.7 Å². The van der Waals surface area contributed by atoms with Gasteiger partial charge < -0.3 is 19.9 Å². The maximum Gasteiger partial charge on any atom is 0.397 e. The van der Waals surface area contributed by atoms with Crippen molar-refractivity contribution in [1.82, 2.24) is 0 Å². The Labute approximate surface area is 325 Å². The summed E-state index contributed by atoms with van der Waals surface area (Å²) in [6.45, 7) is -1.85. The average molecular weight is 898 g/mol. The molecule has 0 spiro atoms. The zero-order chi connectivity index (χ0) is 42.6. The van der Waals surface area contributed by atoms with Gasteiger partial charge in [-0.05, 0) is 54.6 Å². The molecule has 5 N–H and O–H groups in total. The fourth-order valence-corrected chi connectivity index (χ4v) is 8.49. The Balaban J connectivity index is 1.84. The molecule has 0 aliphatic heterocycles. The molecule has 0 bridgehead atoms. The van der Waals surface area contributed by atoms with Gasteiger partial charge in [-0.15, -0.1) is 20.5 Å². The largest absolute Gasteiger partial charge is 0.505 e. The molecule has 0 aliphatic carbocycles. The van der Waals surface area contributed by atoms with E-state index in [1.165, 1.54) is 39.5 Å². The van der Waals surface area contributed by atoms with Crippen LogP contribution in [0.4, 0.5) is 28.4 Å². The van der Waals surface area contributed by atoms with Crippen LogP contribution in [0.3, 0.4) is 0 Å². The molecule has 57 heavy (non-hydrogen) atoms. The Morgan fingerprint density at radius 2 is 1.05 bits per heavy atom. The number of fused-ring (bicyclic) bond motifs is 1. The monoisotopic (exact) mass is 897 g/mol. The molecule has 310 valence electrons. The van der Waals surface area contributed by atoms with Crippen molar-refractivity contribution in [3.8, 4) is 17.2 Å². The van der Waals surface area contributed by atoms with Crippen molar-refractivity contribution in [2.24, 2.45) is 20.5 Å². The van der Waals surface area contributed by atoms with E-state index < -0.39 is 96.5 Å². The molecule has 0 atom stereocenters. The second kappa shape index (κ2) is 17.3. The van der Waals surface area contributed by atoms with Gasteiger partial charge in [0.15, 0.2) is 25.4 Å². The molecule has 0 saturated heterocycles. The number of azo groups is 2. The van der Waals surface area contributed by atoms with Crippen LogP contribution in [0, 0.1) is 0 Å². The third kappa shape index (κ3) is 11.4. The summed E-state index contributed by atoms with van der Waals surface area (Å²) in [6, 6.07) is 10.1. The Morgan fingerprint density at radius 1 is 0.596 bits per heavy atom. The van der Waals surface area contributed by atoms with E-state index in [1.807, 2.05) is 0 Å². The first kappa shape index (κ1) is 44.8. The fourth-order valence-electron chi connectivity index (χ4n) is 4.83. The third-order valence-electron chi connectivity index (χ3n) is 7.46. The highest BCUT2D eigenvalue weighted by molar-refractivity contribution is 7.91. The SMILES string of the molecule is CNc1ccc2c(O)c(N=Nc3cc(S(=O)(=O)CCOS(=O)(=O)O)ccc3OC)c(S(=O)(=O)O)cc2c1N=Nc1cc(S(=O)(=O)CCOS(=O)(=O)O)ccc1OC. The first-order valence-corrected chi connectivity index (χ1v) is 22.7. The molecule has 4 aromatic rings. The molecule has 0 aromatic heterocycles. The number of rotatable bonds is 18. The average Bonchev–Trinajstić information content (AvgIpc) is 3.11. The van der Waals surface area contributed by atoms with E-state index in [4.69, 9.17) is 18.6 Å². The topological polar surface area (TPSA) is 350 Å². The lowest BCUT2D eigenvalue weighted by molar-refractivity contribution is 0.282. The van der Waals surface area contributed by atoms with Crippen molar-refractivity contribution in [3.63, 3.8) is 0 Å². The molecule has 4 aromatic carbocycles. The van der Waals surface area contributed by atoms with Crippen LogP contribution in [0.2, 0.25) is 0 Å². The zero-order valence-corrected chi connectivity index (χ0v) is 33.4. The van der Waals surface area contributed by atoms with Gasteiger partial charge in [0.25, 0.3) is 10.1 Å². The molecule has 4 rings (SSSR count). The lowest BCUT2D eigenvalue weighted by atomic mass is 10.1. The number of phenolic OH excluding ortho intramolecular Hbond substituents is 1. The van der Waals surface area contributed by atoms with Crippen LogP contribution in [0.15, 0.2) is 89.7 Å². The van der Waals surface area contributed by atoms with E-state index >= 15 is 0 Å². The second-order valence-corrected chi connectivity index (χ2v) is 18.8. The van der Waals surface area contributed by atoms with Crippen molar-refractivity contribution in [1.29, 1.82) is 0 Å². The molecular weight excluding hydrogens is 867 g/mol. The highest BCUT2D eigenvalue weighted by Gasteiger charge is 2.25. The Morgan fingerprint density at radius 3 is 1.46 bits per heavy atom. The molecule has 0 saturated carbocycles. The van der Waals surface area contributed by atoms with Crippen LogP contribution >= 0.6 is 0 Å². The molecular formula is C29H31N5O18S5. The Kier molecular flexibility index (Phi) is 13.6. The van der Waals surface area contributed by atoms with Gasteiger partial charge in [-0.25, -0.2) is 25.2 Å². The summed E-state index contributed by atoms with van der Waals surface area (Å²) in [7, 11) is -19.7. The highest BCUT2D eigenvalue weighted by Crippen LogP contribution is 2.47. The predicted molar refractivity (Wildman–Crippen MR) is 198 cm³/mol. The number of sulfone groups is 2. The predicted octanol–water partition coefficient (Wildman–Crippen LogP) is 3.87. The summed E-state index contributed by atoms with van der Waals surface area (Å²) >= 11 is 0. The maximum atomic E-state index is 12.9. The quantitative estimate of drug-likeness (QED) is 0.0699. The van der Waals surface area contributed by atoms with Gasteiger partial charge in [0.2, 0.25) is 0 Å². The number of nitrogens with zero attached hydrogens (tertiary/aromatic N) is 4. The number of aromatic hydroxyl groups is 1. The molecule has 23 nitrogen and oxygen atoms in total. The molecule has 0 aliphatic rings. The first-order valence-electron chi connectivity index (χ1n) is 15.3. The summed E-state index contributed by atoms with van der Waals surface area (Å²) in [5.41, 5.74) is -1.33. The van der Waals surface area contributed by atoms with Crippen LogP contribution in [0.25, 0.3) is 10.8 Å². The van der Waals surface area contributed by atoms with Crippen LogP contribution in [-0.4, -0.2) is 107 Å². The van der Waals surface area contributed by atoms with Gasteiger partial charge in [-0.2, -0.15) is 25.3 Å². The Bertz CT molecular complexity index is 2830. The second-order valence-electron chi connectivity index (χ2n) is 11.1. The standard InChI is InChI=1S/C29H31N5O18S5/c1-30-21-7-6-19-20(27(21)33-31-22-14-17(4-8-24(22)49-2)53(36,37)12-10-51-56(43,44)45)16-26(55(40,41)42)28(29(19)35)34-32-23-15-18(5-9-25(23)50-3)54(38,39)13-11-52-57(46,47)48/h4-9,14-16,30,35H,10-13H2,1-3H3,(H,40,41,42)(H,43,44,45)(H,46,47,48). The Hall–Kier alpha value is -4.91. The van der Waals surface area contributed by atoms with E-state index in [9.17, 15) is 51.7 Å². The number of methoxy groups -OCH3 is 2. The van der Waals surface area contributed by atoms with E-state index in [2.05, 4.69) is 34.1 Å². The summed E-state index contributed by atoms with van der Waals surface area (Å²) in [6.07, 6.45) is 0. The summed E-state index contributed by atoms with van der Waals surface area (Å²) < 4.78 is 166. The number of nitrogens with one attached hydrogen (secondary N) is 1. The van der Waals surface area contributed by atoms with Gasteiger partial charge in [0.1, 0.15) is 39.1 Å². The summed E-state index contributed by atoms with van der Waals surface area (Å²) in [4.78, 5) is -1.84. The number of benzene rings is 4. The number of hydrogen-bond donors (Lipinski definition) is 5. The molecule has 0 radical (unpaired) electrons. The van der Waals surface area contributed by atoms with Crippen molar-refractivity contribution in [2.45, 2.75) is 14.7 Å². The molecule has 0 amide bonds. The van der Waals surface area contributed by atoms with Crippen molar-refractivity contribution in [3.05, 3.63) is 54.6 Å². The summed E-state index contributed by atoms with van der Waals surface area (Å²) in [5, 5.41) is 29.8. The number of anilines is 1. The van der Waals surface area contributed by atoms with Gasteiger partial charge in [-0.1, -0.05) is 0 Å². The molecule has 0 unspecified atom stereocenters. The van der Waals surface area contributed by atoms with Crippen LogP contribution in [0.5, 0.6) is 17.2 Å². The summed E-state index contributed by atoms with van der Waals surface area (Å²) in [5.74, 6) is -2.74. The zero-order valence-electron chi connectivity index (χ0n) is 29.4. The van der Waals surface area contributed by atoms with Gasteiger partial charge >= 0.3 is 20.8 Å². The molecule has 0 heterocycles. The van der Waals surface area contributed by atoms with Crippen molar-refractivity contribution < 1.29 is 78.7 Å².